The van der Waals surface area contributed by atoms with E-state index < -0.39 is 0 Å². The Morgan fingerprint density at radius 3 is 2.46 bits per heavy atom. The van der Waals surface area contributed by atoms with Gasteiger partial charge in [0.25, 0.3) is 0 Å². The zero-order valence-electron chi connectivity index (χ0n) is 15.3. The van der Waals surface area contributed by atoms with Crippen LogP contribution in [0.25, 0.3) is 38.8 Å². The highest BCUT2D eigenvalue weighted by Gasteiger charge is 2.20. The van der Waals surface area contributed by atoms with Crippen LogP contribution in [0.4, 0.5) is 0 Å². The van der Waals surface area contributed by atoms with Gasteiger partial charge in [0.2, 0.25) is 0 Å². The van der Waals surface area contributed by atoms with Crippen molar-refractivity contribution in [1.82, 2.24) is 19.5 Å². The van der Waals surface area contributed by atoms with Gasteiger partial charge in [0.05, 0.1) is 11.4 Å². The van der Waals surface area contributed by atoms with Crippen LogP contribution in [0.1, 0.15) is 12.1 Å². The summed E-state index contributed by atoms with van der Waals surface area (Å²) in [7, 11) is 0. The number of hydrogen-bond donors (Lipinski definition) is 4. The molecule has 28 heavy (non-hydrogen) atoms. The first-order valence-electron chi connectivity index (χ1n) is 9.45. The van der Waals surface area contributed by atoms with Crippen molar-refractivity contribution in [1.29, 1.82) is 0 Å². The molecule has 0 amide bonds. The first-order chi connectivity index (χ1) is 13.8. The highest BCUT2D eigenvalue weighted by Crippen LogP contribution is 2.34. The number of imidazole rings is 1. The molecule has 0 aliphatic carbocycles. The summed E-state index contributed by atoms with van der Waals surface area (Å²) in [6.45, 7) is 0.622. The molecule has 0 aliphatic rings. The van der Waals surface area contributed by atoms with Crippen molar-refractivity contribution in [2.75, 3.05) is 6.54 Å². The molecule has 0 bridgehead atoms. The quantitative estimate of drug-likeness (QED) is 0.379. The first kappa shape index (κ1) is 16.6. The lowest BCUT2D eigenvalue weighted by molar-refractivity contribution is 0.818. The van der Waals surface area contributed by atoms with Crippen LogP contribution in [0.15, 0.2) is 65.7 Å². The van der Waals surface area contributed by atoms with Crippen LogP contribution < -0.4 is 11.4 Å². The second-order valence-corrected chi connectivity index (χ2v) is 6.95. The molecule has 0 spiro atoms. The van der Waals surface area contributed by atoms with E-state index in [2.05, 4.69) is 27.1 Å². The van der Waals surface area contributed by atoms with E-state index in [-0.39, 0.29) is 5.69 Å². The second-order valence-electron chi connectivity index (χ2n) is 6.95. The van der Waals surface area contributed by atoms with E-state index in [1.54, 1.807) is 10.8 Å². The smallest absolute Gasteiger partial charge is 0.330 e. The number of hydrogen-bond acceptors (Lipinski definition) is 2. The Kier molecular flexibility index (Phi) is 3.91. The van der Waals surface area contributed by atoms with Gasteiger partial charge in [-0.25, -0.2) is 4.79 Å². The molecule has 6 heteroatoms. The van der Waals surface area contributed by atoms with Crippen LogP contribution in [0, 0.1) is 0 Å². The van der Waals surface area contributed by atoms with Crippen molar-refractivity contribution in [2.45, 2.75) is 12.8 Å². The first-order valence-corrected chi connectivity index (χ1v) is 9.45. The fourth-order valence-corrected chi connectivity index (χ4v) is 3.99. The van der Waals surface area contributed by atoms with Crippen molar-refractivity contribution < 1.29 is 0 Å². The molecule has 0 atom stereocenters. The van der Waals surface area contributed by atoms with E-state index in [1.807, 2.05) is 42.6 Å². The molecule has 0 unspecified atom stereocenters. The molecule has 0 saturated heterocycles. The molecule has 140 valence electrons. The molecule has 5 aromatic rings. The number of aromatic amines is 3. The van der Waals surface area contributed by atoms with Crippen molar-refractivity contribution in [3.63, 3.8) is 0 Å². The van der Waals surface area contributed by atoms with Crippen LogP contribution in [-0.2, 0) is 6.42 Å². The number of aryl methyl sites for hydroxylation is 1. The maximum atomic E-state index is 12.8. The molecular weight excluding hydrogens is 350 g/mol. The van der Waals surface area contributed by atoms with Crippen LogP contribution >= 0.6 is 0 Å². The highest BCUT2D eigenvalue weighted by atomic mass is 16.1. The number of rotatable bonds is 5. The molecule has 5 rings (SSSR count). The van der Waals surface area contributed by atoms with Gasteiger partial charge >= 0.3 is 5.69 Å². The summed E-state index contributed by atoms with van der Waals surface area (Å²) in [5, 5.41) is 2.11. The number of para-hydroxylation sites is 2. The summed E-state index contributed by atoms with van der Waals surface area (Å²) in [4.78, 5) is 22.5. The van der Waals surface area contributed by atoms with E-state index in [9.17, 15) is 4.79 Å². The minimum Gasteiger partial charge on any atom is -0.359 e. The highest BCUT2D eigenvalue weighted by molar-refractivity contribution is 5.98. The largest absolute Gasteiger partial charge is 0.359 e. The zero-order chi connectivity index (χ0) is 19.1. The van der Waals surface area contributed by atoms with E-state index in [4.69, 9.17) is 5.73 Å². The predicted molar refractivity (Wildman–Crippen MR) is 113 cm³/mol. The lowest BCUT2D eigenvalue weighted by Crippen LogP contribution is -2.15. The summed E-state index contributed by atoms with van der Waals surface area (Å²) < 4.78 is 1.75. The van der Waals surface area contributed by atoms with Gasteiger partial charge in [-0.15, -0.1) is 0 Å². The number of nitrogens with two attached hydrogens (primary N) is 1. The maximum Gasteiger partial charge on any atom is 0.330 e. The van der Waals surface area contributed by atoms with Gasteiger partial charge in [0.1, 0.15) is 0 Å². The maximum absolute atomic E-state index is 12.8. The van der Waals surface area contributed by atoms with E-state index in [0.29, 0.717) is 6.54 Å². The van der Waals surface area contributed by atoms with Gasteiger partial charge in [0, 0.05) is 45.5 Å². The molecule has 0 radical (unpaired) electrons. The lowest BCUT2D eigenvalue weighted by atomic mass is 10.0. The number of nitrogens with zero attached hydrogens (tertiary/aromatic N) is 1. The SMILES string of the molecule is NCCCc1[nH]c2ccccc2c1-c1c[nH]c(=O)n1-c1c[nH]c2ccccc12. The van der Waals surface area contributed by atoms with Gasteiger partial charge in [-0.3, -0.25) is 4.57 Å². The van der Waals surface area contributed by atoms with E-state index in [0.717, 1.165) is 57.3 Å². The van der Waals surface area contributed by atoms with Crippen LogP contribution in [0.2, 0.25) is 0 Å². The summed E-state index contributed by atoms with van der Waals surface area (Å²) in [5.41, 5.74) is 11.5. The molecule has 6 nitrogen and oxygen atoms in total. The zero-order valence-corrected chi connectivity index (χ0v) is 15.3. The van der Waals surface area contributed by atoms with Gasteiger partial charge in [-0.2, -0.15) is 0 Å². The number of nitrogens with one attached hydrogen (secondary N) is 3. The van der Waals surface area contributed by atoms with E-state index in [1.165, 1.54) is 0 Å². The van der Waals surface area contributed by atoms with E-state index >= 15 is 0 Å². The average Bonchev–Trinajstić information content (AvgIpc) is 3.40. The van der Waals surface area contributed by atoms with Crippen LogP contribution in [0.3, 0.4) is 0 Å². The Hall–Kier alpha value is -3.51. The Morgan fingerprint density at radius 1 is 0.893 bits per heavy atom. The summed E-state index contributed by atoms with van der Waals surface area (Å²) in [6, 6.07) is 16.2. The Morgan fingerprint density at radius 2 is 1.64 bits per heavy atom. The number of fused-ring (bicyclic) bond motifs is 2. The minimum atomic E-state index is -0.158. The molecule has 3 aromatic heterocycles. The van der Waals surface area contributed by atoms with Crippen molar-refractivity contribution in [3.05, 3.63) is 77.1 Å². The molecular formula is C22H21N5O. The number of aromatic nitrogens is 4. The molecule has 0 saturated carbocycles. The molecule has 5 N–H and O–H groups in total. The van der Waals surface area contributed by atoms with Crippen LogP contribution in [0.5, 0.6) is 0 Å². The Labute approximate surface area is 161 Å². The average molecular weight is 371 g/mol. The monoisotopic (exact) mass is 371 g/mol. The minimum absolute atomic E-state index is 0.158. The number of H-pyrrole nitrogens is 3. The summed E-state index contributed by atoms with van der Waals surface area (Å²) >= 11 is 0. The second kappa shape index (κ2) is 6.58. The standard InChI is InChI=1S/C22H21N5O/c23-11-5-10-18-21(15-7-2-4-9-17(15)26-18)20-13-25-22(28)27(20)19-12-24-16-8-3-1-6-14(16)19/h1-4,6-9,12-13,24,26H,5,10-11,23H2,(H,25,28). The Balaban J connectivity index is 1.79. The molecule has 2 aromatic carbocycles. The molecule has 0 fully saturated rings. The third-order valence-electron chi connectivity index (χ3n) is 5.26. The topological polar surface area (TPSA) is 95.4 Å². The normalized spacial score (nSPS) is 11.6. The van der Waals surface area contributed by atoms with Gasteiger partial charge in [-0.1, -0.05) is 36.4 Å². The van der Waals surface area contributed by atoms with Crippen molar-refractivity contribution >= 4 is 21.8 Å². The fraction of sp³-hybridized carbons (Fsp3) is 0.136. The number of benzene rings is 2. The van der Waals surface area contributed by atoms with Crippen LogP contribution in [-0.4, -0.2) is 26.1 Å². The van der Waals surface area contributed by atoms with Gasteiger partial charge in [-0.05, 0) is 31.5 Å². The fourth-order valence-electron chi connectivity index (χ4n) is 3.99. The molecule has 3 heterocycles. The predicted octanol–water partition coefficient (Wildman–Crippen LogP) is 3.69. The lowest BCUT2D eigenvalue weighted by Gasteiger charge is -2.08. The van der Waals surface area contributed by atoms with Gasteiger partial charge in [0.15, 0.2) is 0 Å². The third kappa shape index (κ3) is 2.50. The Bertz CT molecular complexity index is 1330. The van der Waals surface area contributed by atoms with Crippen molar-refractivity contribution in [3.8, 4) is 16.9 Å². The van der Waals surface area contributed by atoms with Gasteiger partial charge < -0.3 is 20.7 Å². The summed E-state index contributed by atoms with van der Waals surface area (Å²) in [5.74, 6) is 0. The molecule has 0 aliphatic heterocycles. The summed E-state index contributed by atoms with van der Waals surface area (Å²) in [6.07, 6.45) is 5.39. The van der Waals surface area contributed by atoms with Crippen molar-refractivity contribution in [2.24, 2.45) is 5.73 Å². The third-order valence-corrected chi connectivity index (χ3v) is 5.26.